The fourth-order valence-electron chi connectivity index (χ4n) is 4.95. The minimum absolute atomic E-state index is 0.143. The monoisotopic (exact) mass is 493 g/mol. The first-order chi connectivity index (χ1) is 17.3. The molecule has 8 nitrogen and oxygen atoms in total. The van der Waals surface area contributed by atoms with E-state index in [1.165, 1.54) is 5.56 Å². The Hall–Kier alpha value is -3.55. The number of carbonyl (C=O) groups is 3. The highest BCUT2D eigenvalue weighted by Crippen LogP contribution is 2.30. The standard InChI is InChI=1S/C28H35N3O5/c1-18(2)20-5-8-23(9-6-20)29-27(34)30-24-10-7-22-17-31(14-13-21(22)16-24)28(35)36-25-11-3-19(4-12-25)15-26(32)33/h5-10,16,18-19,25H,3-4,11-15,17H2,1-2H3,(H,32,33)(H2,29,30,34)/t19-,25-. The predicted octanol–water partition coefficient (Wildman–Crippen LogP) is 5.98. The second-order valence-corrected chi connectivity index (χ2v) is 10.1. The summed E-state index contributed by atoms with van der Waals surface area (Å²) in [5, 5.41) is 14.7. The molecule has 8 heteroatoms. The molecule has 1 aliphatic heterocycles. The molecule has 3 amide bonds. The molecule has 0 radical (unpaired) electrons. The molecule has 1 fully saturated rings. The van der Waals surface area contributed by atoms with Crippen LogP contribution in [0.25, 0.3) is 0 Å². The van der Waals surface area contributed by atoms with Gasteiger partial charge in [-0.15, -0.1) is 0 Å². The van der Waals surface area contributed by atoms with Crippen LogP contribution in [0.4, 0.5) is 21.0 Å². The lowest BCUT2D eigenvalue weighted by molar-refractivity contribution is -0.138. The number of fused-ring (bicyclic) bond motifs is 1. The number of rotatable bonds is 6. The highest BCUT2D eigenvalue weighted by Gasteiger charge is 2.28. The van der Waals surface area contributed by atoms with E-state index in [1.807, 2.05) is 42.5 Å². The molecule has 4 rings (SSSR count). The zero-order valence-electron chi connectivity index (χ0n) is 21.0. The van der Waals surface area contributed by atoms with Crippen LogP contribution in [0.1, 0.15) is 68.6 Å². The van der Waals surface area contributed by atoms with Crippen LogP contribution >= 0.6 is 0 Å². The lowest BCUT2D eigenvalue weighted by atomic mass is 9.85. The molecule has 0 aromatic heterocycles. The van der Waals surface area contributed by atoms with E-state index >= 15 is 0 Å². The summed E-state index contributed by atoms with van der Waals surface area (Å²) in [5.41, 5.74) is 4.81. The number of anilines is 2. The molecule has 0 atom stereocenters. The first-order valence-corrected chi connectivity index (χ1v) is 12.7. The third-order valence-corrected chi connectivity index (χ3v) is 7.09. The van der Waals surface area contributed by atoms with Gasteiger partial charge in [0.05, 0.1) is 0 Å². The van der Waals surface area contributed by atoms with E-state index in [9.17, 15) is 14.4 Å². The van der Waals surface area contributed by atoms with Gasteiger partial charge in [-0.25, -0.2) is 9.59 Å². The Kier molecular flexibility index (Phi) is 8.13. The van der Waals surface area contributed by atoms with Gasteiger partial charge >= 0.3 is 18.1 Å². The van der Waals surface area contributed by atoms with Gasteiger partial charge in [-0.2, -0.15) is 0 Å². The molecule has 0 saturated heterocycles. The number of urea groups is 1. The van der Waals surface area contributed by atoms with Gasteiger partial charge in [0.25, 0.3) is 0 Å². The van der Waals surface area contributed by atoms with Crippen LogP contribution in [0.15, 0.2) is 42.5 Å². The smallest absolute Gasteiger partial charge is 0.410 e. The van der Waals surface area contributed by atoms with Crippen LogP contribution in [0.3, 0.4) is 0 Å². The van der Waals surface area contributed by atoms with Crippen molar-refractivity contribution in [3.8, 4) is 0 Å². The Morgan fingerprint density at radius 1 is 0.972 bits per heavy atom. The van der Waals surface area contributed by atoms with E-state index in [-0.39, 0.29) is 30.6 Å². The molecule has 0 unspecified atom stereocenters. The van der Waals surface area contributed by atoms with Crippen LogP contribution in [0, 0.1) is 5.92 Å². The molecule has 36 heavy (non-hydrogen) atoms. The summed E-state index contributed by atoms with van der Waals surface area (Å²) in [6.07, 6.45) is 3.40. The molecule has 0 bridgehead atoms. The van der Waals surface area contributed by atoms with Crippen molar-refractivity contribution in [3.05, 3.63) is 59.2 Å². The first kappa shape index (κ1) is 25.5. The summed E-state index contributed by atoms with van der Waals surface area (Å²) >= 11 is 0. The minimum atomic E-state index is -0.766. The van der Waals surface area contributed by atoms with Gasteiger partial charge in [0.15, 0.2) is 0 Å². The fraction of sp³-hybridized carbons (Fsp3) is 0.464. The number of carboxylic acid groups (broad SMARTS) is 1. The molecular formula is C28H35N3O5. The van der Waals surface area contributed by atoms with E-state index < -0.39 is 5.97 Å². The number of carbonyl (C=O) groups excluding carboxylic acids is 2. The number of nitrogens with one attached hydrogen (secondary N) is 2. The van der Waals surface area contributed by atoms with Crippen molar-refractivity contribution in [1.82, 2.24) is 4.90 Å². The lowest BCUT2D eigenvalue weighted by Gasteiger charge is -2.32. The molecule has 192 valence electrons. The topological polar surface area (TPSA) is 108 Å². The molecule has 1 saturated carbocycles. The van der Waals surface area contributed by atoms with Gasteiger partial charge in [-0.1, -0.05) is 32.0 Å². The third kappa shape index (κ3) is 6.77. The Labute approximate surface area is 212 Å². The van der Waals surface area contributed by atoms with E-state index in [0.717, 1.165) is 29.7 Å². The van der Waals surface area contributed by atoms with Crippen molar-refractivity contribution in [2.24, 2.45) is 5.92 Å². The Balaban J connectivity index is 1.26. The van der Waals surface area contributed by atoms with Crippen molar-refractivity contribution in [3.63, 3.8) is 0 Å². The zero-order chi connectivity index (χ0) is 25.7. The fourth-order valence-corrected chi connectivity index (χ4v) is 4.95. The molecule has 1 aliphatic carbocycles. The number of aliphatic carboxylic acids is 1. The SMILES string of the molecule is CC(C)c1ccc(NC(=O)Nc2ccc3c(c2)CCN(C(=O)O[C@H]2CC[C@H](CC(=O)O)CC2)C3)cc1. The highest BCUT2D eigenvalue weighted by atomic mass is 16.6. The van der Waals surface area contributed by atoms with Crippen LogP contribution in [-0.2, 0) is 22.5 Å². The highest BCUT2D eigenvalue weighted by molar-refractivity contribution is 5.99. The number of hydrogen-bond donors (Lipinski definition) is 3. The number of carboxylic acids is 1. The number of hydrogen-bond acceptors (Lipinski definition) is 4. The molecule has 1 heterocycles. The van der Waals surface area contributed by atoms with Crippen LogP contribution in [0.2, 0.25) is 0 Å². The predicted molar refractivity (Wildman–Crippen MR) is 138 cm³/mol. The van der Waals surface area contributed by atoms with Crippen LogP contribution < -0.4 is 10.6 Å². The van der Waals surface area contributed by atoms with Crippen molar-refractivity contribution in [2.75, 3.05) is 17.2 Å². The van der Waals surface area contributed by atoms with Gasteiger partial charge in [0.2, 0.25) is 0 Å². The molecule has 0 spiro atoms. The normalized spacial score (nSPS) is 19.4. The number of nitrogens with zero attached hydrogens (tertiary/aromatic N) is 1. The van der Waals surface area contributed by atoms with Crippen molar-refractivity contribution >= 4 is 29.5 Å². The molecular weight excluding hydrogens is 458 g/mol. The largest absolute Gasteiger partial charge is 0.481 e. The summed E-state index contributed by atoms with van der Waals surface area (Å²) in [5.74, 6) is -0.154. The number of amides is 3. The zero-order valence-corrected chi connectivity index (χ0v) is 21.0. The van der Waals surface area contributed by atoms with Gasteiger partial charge in [0, 0.05) is 30.9 Å². The Morgan fingerprint density at radius 2 is 1.64 bits per heavy atom. The molecule has 3 N–H and O–H groups in total. The quantitative estimate of drug-likeness (QED) is 0.459. The lowest BCUT2D eigenvalue weighted by Crippen LogP contribution is -2.39. The van der Waals surface area contributed by atoms with Gasteiger partial charge in [-0.05, 0) is 84.9 Å². The molecule has 2 aromatic rings. The van der Waals surface area contributed by atoms with Gasteiger partial charge in [0.1, 0.15) is 6.10 Å². The second kappa shape index (κ2) is 11.5. The molecule has 2 aromatic carbocycles. The van der Waals surface area contributed by atoms with Gasteiger partial charge < -0.3 is 25.4 Å². The maximum atomic E-state index is 12.7. The average Bonchev–Trinajstić information content (AvgIpc) is 2.85. The summed E-state index contributed by atoms with van der Waals surface area (Å²) in [7, 11) is 0. The summed E-state index contributed by atoms with van der Waals surface area (Å²) in [4.78, 5) is 37.8. The maximum absolute atomic E-state index is 12.7. The van der Waals surface area contributed by atoms with E-state index in [2.05, 4.69) is 24.5 Å². The summed E-state index contributed by atoms with van der Waals surface area (Å²) < 4.78 is 5.73. The van der Waals surface area contributed by atoms with Crippen LogP contribution in [0.5, 0.6) is 0 Å². The van der Waals surface area contributed by atoms with E-state index in [0.29, 0.717) is 44.0 Å². The van der Waals surface area contributed by atoms with E-state index in [4.69, 9.17) is 9.84 Å². The maximum Gasteiger partial charge on any atom is 0.410 e. The minimum Gasteiger partial charge on any atom is -0.481 e. The third-order valence-electron chi connectivity index (χ3n) is 7.09. The van der Waals surface area contributed by atoms with Crippen molar-refractivity contribution in [2.45, 2.75) is 70.9 Å². The first-order valence-electron chi connectivity index (χ1n) is 12.7. The van der Waals surface area contributed by atoms with Crippen LogP contribution in [-0.4, -0.2) is 40.7 Å². The molecule has 2 aliphatic rings. The van der Waals surface area contributed by atoms with Crippen molar-refractivity contribution in [1.29, 1.82) is 0 Å². The second-order valence-electron chi connectivity index (χ2n) is 10.1. The number of benzene rings is 2. The summed E-state index contributed by atoms with van der Waals surface area (Å²) in [6, 6.07) is 13.3. The average molecular weight is 494 g/mol. The summed E-state index contributed by atoms with van der Waals surface area (Å²) in [6.45, 7) is 5.28. The van der Waals surface area contributed by atoms with Gasteiger partial charge in [-0.3, -0.25) is 4.79 Å². The van der Waals surface area contributed by atoms with E-state index in [1.54, 1.807) is 4.90 Å². The Bertz CT molecular complexity index is 1090. The number of ether oxygens (including phenoxy) is 1. The Morgan fingerprint density at radius 3 is 2.31 bits per heavy atom. The van der Waals surface area contributed by atoms with Crippen molar-refractivity contribution < 1.29 is 24.2 Å².